The highest BCUT2D eigenvalue weighted by molar-refractivity contribution is 6.31. The number of amides is 2. The molecule has 0 aromatic heterocycles. The minimum Gasteiger partial charge on any atom is -0.361 e. The van der Waals surface area contributed by atoms with Gasteiger partial charge >= 0.3 is 0 Å². The van der Waals surface area contributed by atoms with Crippen LogP contribution in [0.5, 0.6) is 0 Å². The summed E-state index contributed by atoms with van der Waals surface area (Å²) in [4.78, 5) is 25.2. The molecule has 8 heteroatoms. The molecule has 138 valence electrons. The summed E-state index contributed by atoms with van der Waals surface area (Å²) in [5.41, 5.74) is 2.11. The van der Waals surface area contributed by atoms with Crippen LogP contribution in [0.3, 0.4) is 0 Å². The molecule has 2 heterocycles. The van der Waals surface area contributed by atoms with E-state index in [-0.39, 0.29) is 18.4 Å². The molecule has 1 fully saturated rings. The Labute approximate surface area is 153 Å². The lowest BCUT2D eigenvalue weighted by Gasteiger charge is -2.29. The van der Waals surface area contributed by atoms with E-state index >= 15 is 0 Å². The zero-order valence-electron chi connectivity index (χ0n) is 14.2. The van der Waals surface area contributed by atoms with Gasteiger partial charge in [-0.25, -0.2) is 8.78 Å². The molecule has 0 unspecified atom stereocenters. The Morgan fingerprint density at radius 2 is 1.96 bits per heavy atom. The van der Waals surface area contributed by atoms with Crippen molar-refractivity contribution in [1.82, 2.24) is 5.32 Å². The van der Waals surface area contributed by atoms with Gasteiger partial charge in [-0.3, -0.25) is 9.59 Å². The third-order valence-corrected chi connectivity index (χ3v) is 4.47. The fourth-order valence-corrected chi connectivity index (χ4v) is 3.16. The highest BCUT2D eigenvalue weighted by Crippen LogP contribution is 2.32. The van der Waals surface area contributed by atoms with E-state index in [0.29, 0.717) is 41.3 Å². The second-order valence-corrected chi connectivity index (χ2v) is 6.28. The third-order valence-electron chi connectivity index (χ3n) is 4.47. The van der Waals surface area contributed by atoms with Gasteiger partial charge in [0, 0.05) is 30.5 Å². The highest BCUT2D eigenvalue weighted by atomic mass is 19.1. The fraction of sp³-hybridized carbons (Fsp3) is 0.158. The minimum atomic E-state index is -0.466. The number of anilines is 3. The van der Waals surface area contributed by atoms with Gasteiger partial charge in [-0.2, -0.15) is 0 Å². The average Bonchev–Trinajstić information content (AvgIpc) is 2.94. The number of halogens is 2. The van der Waals surface area contributed by atoms with Crippen LogP contribution in [0.1, 0.15) is 5.56 Å². The Balaban J connectivity index is 1.54. The Hall–Kier alpha value is -3.42. The van der Waals surface area contributed by atoms with Crippen molar-refractivity contribution in [3.63, 3.8) is 0 Å². The molecule has 6 nitrogen and oxygen atoms in total. The van der Waals surface area contributed by atoms with Crippen molar-refractivity contribution in [3.8, 4) is 0 Å². The standard InChI is InChI=1S/C19H16F2N4O2/c20-11-1-3-13-14(19(27)24-16(13)7-11)9-23-12-2-4-17(15(21)8-12)25-6-5-22-18(26)10-25/h1-4,7-9,23H,5-6,10H2,(H,22,26)(H,24,27)/b14-9+. The lowest BCUT2D eigenvalue weighted by atomic mass is 10.1. The van der Waals surface area contributed by atoms with E-state index in [9.17, 15) is 18.4 Å². The van der Waals surface area contributed by atoms with Gasteiger partial charge in [0.2, 0.25) is 5.91 Å². The molecule has 1 saturated heterocycles. The molecular weight excluding hydrogens is 354 g/mol. The van der Waals surface area contributed by atoms with Crippen molar-refractivity contribution < 1.29 is 18.4 Å². The maximum Gasteiger partial charge on any atom is 0.257 e. The summed E-state index contributed by atoms with van der Waals surface area (Å²) < 4.78 is 27.7. The zero-order chi connectivity index (χ0) is 19.0. The van der Waals surface area contributed by atoms with Crippen molar-refractivity contribution in [2.45, 2.75) is 0 Å². The minimum absolute atomic E-state index is 0.112. The largest absolute Gasteiger partial charge is 0.361 e. The molecule has 2 aliphatic rings. The van der Waals surface area contributed by atoms with Crippen molar-refractivity contribution in [2.24, 2.45) is 0 Å². The van der Waals surface area contributed by atoms with Gasteiger partial charge in [0.25, 0.3) is 5.91 Å². The SMILES string of the molecule is O=C1CN(c2ccc(N/C=C3/C(=O)Nc4cc(F)ccc43)cc2F)CCN1. The number of piperazine rings is 1. The van der Waals surface area contributed by atoms with E-state index in [2.05, 4.69) is 16.0 Å². The van der Waals surface area contributed by atoms with E-state index in [1.54, 1.807) is 17.0 Å². The van der Waals surface area contributed by atoms with E-state index in [0.717, 1.165) is 0 Å². The van der Waals surface area contributed by atoms with Crippen LogP contribution in [0.4, 0.5) is 25.8 Å². The molecule has 2 aromatic carbocycles. The van der Waals surface area contributed by atoms with Crippen molar-refractivity contribution in [1.29, 1.82) is 0 Å². The Bertz CT molecular complexity index is 974. The van der Waals surface area contributed by atoms with Crippen LogP contribution < -0.4 is 20.9 Å². The van der Waals surface area contributed by atoms with Gasteiger partial charge in [0.1, 0.15) is 11.6 Å². The van der Waals surface area contributed by atoms with Crippen LogP contribution in [0, 0.1) is 11.6 Å². The van der Waals surface area contributed by atoms with E-state index in [1.807, 2.05) is 0 Å². The van der Waals surface area contributed by atoms with E-state index in [4.69, 9.17) is 0 Å². The number of hydrogen-bond donors (Lipinski definition) is 3. The number of hydrogen-bond acceptors (Lipinski definition) is 4. The predicted octanol–water partition coefficient (Wildman–Crippen LogP) is 2.31. The van der Waals surface area contributed by atoms with Crippen LogP contribution in [0.25, 0.3) is 5.57 Å². The van der Waals surface area contributed by atoms with Gasteiger partial charge < -0.3 is 20.9 Å². The Morgan fingerprint density at radius 3 is 2.74 bits per heavy atom. The maximum absolute atomic E-state index is 14.5. The highest BCUT2D eigenvalue weighted by Gasteiger charge is 2.24. The predicted molar refractivity (Wildman–Crippen MR) is 98.3 cm³/mol. The molecule has 4 rings (SSSR count). The van der Waals surface area contributed by atoms with Gasteiger partial charge in [-0.05, 0) is 36.4 Å². The molecule has 0 radical (unpaired) electrons. The van der Waals surface area contributed by atoms with Crippen LogP contribution in [-0.2, 0) is 9.59 Å². The molecule has 2 amide bonds. The molecule has 27 heavy (non-hydrogen) atoms. The van der Waals surface area contributed by atoms with Gasteiger partial charge in [-0.1, -0.05) is 0 Å². The Morgan fingerprint density at radius 1 is 1.11 bits per heavy atom. The van der Waals surface area contributed by atoms with Gasteiger partial charge in [0.05, 0.1) is 23.5 Å². The molecule has 0 saturated carbocycles. The smallest absolute Gasteiger partial charge is 0.257 e. The molecule has 0 atom stereocenters. The summed E-state index contributed by atoms with van der Waals surface area (Å²) >= 11 is 0. The van der Waals surface area contributed by atoms with Crippen molar-refractivity contribution in [3.05, 3.63) is 59.8 Å². The average molecular weight is 370 g/mol. The van der Waals surface area contributed by atoms with Crippen LogP contribution in [-0.4, -0.2) is 31.4 Å². The number of benzene rings is 2. The molecular formula is C19H16F2N4O2. The summed E-state index contributed by atoms with van der Waals surface area (Å²) in [5.74, 6) is -1.41. The fourth-order valence-electron chi connectivity index (χ4n) is 3.16. The zero-order valence-corrected chi connectivity index (χ0v) is 14.2. The second-order valence-electron chi connectivity index (χ2n) is 6.28. The first kappa shape index (κ1) is 17.0. The lowest BCUT2D eigenvalue weighted by Crippen LogP contribution is -2.48. The molecule has 0 aliphatic carbocycles. The monoisotopic (exact) mass is 370 g/mol. The van der Waals surface area contributed by atoms with Crippen LogP contribution in [0.15, 0.2) is 42.6 Å². The quantitative estimate of drug-likeness (QED) is 0.725. The number of carbonyl (C=O) groups excluding carboxylic acids is 2. The van der Waals surface area contributed by atoms with Gasteiger partial charge in [0.15, 0.2) is 0 Å². The number of rotatable bonds is 3. The number of carbonyl (C=O) groups is 2. The summed E-state index contributed by atoms with van der Waals surface area (Å²) in [6, 6.07) is 8.60. The molecule has 0 spiro atoms. The summed E-state index contributed by atoms with van der Waals surface area (Å²) in [5, 5.41) is 8.18. The summed E-state index contributed by atoms with van der Waals surface area (Å²) in [7, 11) is 0. The molecule has 2 aliphatic heterocycles. The first-order valence-corrected chi connectivity index (χ1v) is 8.40. The first-order chi connectivity index (χ1) is 13.0. The second kappa shape index (κ2) is 6.71. The lowest BCUT2D eigenvalue weighted by molar-refractivity contribution is -0.120. The maximum atomic E-state index is 14.5. The number of nitrogens with one attached hydrogen (secondary N) is 3. The summed E-state index contributed by atoms with van der Waals surface area (Å²) in [6.07, 6.45) is 1.46. The van der Waals surface area contributed by atoms with Crippen LogP contribution in [0.2, 0.25) is 0 Å². The van der Waals surface area contributed by atoms with E-state index in [1.165, 1.54) is 30.5 Å². The summed E-state index contributed by atoms with van der Waals surface area (Å²) in [6.45, 7) is 1.12. The van der Waals surface area contributed by atoms with Crippen molar-refractivity contribution in [2.75, 3.05) is 35.2 Å². The Kier molecular flexibility index (Phi) is 4.23. The topological polar surface area (TPSA) is 73.5 Å². The third kappa shape index (κ3) is 3.33. The van der Waals surface area contributed by atoms with E-state index < -0.39 is 11.6 Å². The molecule has 3 N–H and O–H groups in total. The number of nitrogens with zero attached hydrogens (tertiary/aromatic N) is 1. The normalized spacial score (nSPS) is 17.6. The molecule has 0 bridgehead atoms. The molecule has 2 aromatic rings. The van der Waals surface area contributed by atoms with Gasteiger partial charge in [-0.15, -0.1) is 0 Å². The first-order valence-electron chi connectivity index (χ1n) is 8.40. The van der Waals surface area contributed by atoms with Crippen molar-refractivity contribution >= 4 is 34.4 Å². The number of fused-ring (bicyclic) bond motifs is 1. The van der Waals surface area contributed by atoms with Crippen LogP contribution >= 0.6 is 0 Å².